The van der Waals surface area contributed by atoms with Gasteiger partial charge < -0.3 is 4.74 Å². The average molecular weight is 356 g/mol. The van der Waals surface area contributed by atoms with Crippen molar-refractivity contribution in [1.29, 1.82) is 0 Å². The maximum atomic E-state index is 13.0. The van der Waals surface area contributed by atoms with Crippen LogP contribution in [0.1, 0.15) is 32.4 Å². The summed E-state index contributed by atoms with van der Waals surface area (Å²) in [6, 6.07) is 9.73. The van der Waals surface area contributed by atoms with Crippen LogP contribution in [0.2, 0.25) is 0 Å². The highest BCUT2D eigenvalue weighted by Crippen LogP contribution is 2.53. The van der Waals surface area contributed by atoms with Gasteiger partial charge in [-0.05, 0) is 18.4 Å². The molecule has 0 aliphatic carbocycles. The van der Waals surface area contributed by atoms with Crippen molar-refractivity contribution < 1.29 is 19.1 Å². The van der Waals surface area contributed by atoms with Crippen molar-refractivity contribution in [1.82, 2.24) is 9.80 Å². The van der Waals surface area contributed by atoms with Crippen molar-refractivity contribution in [2.75, 3.05) is 13.6 Å². The molecule has 0 saturated carbocycles. The second-order valence-electron chi connectivity index (χ2n) is 8.09. The number of benzene rings is 1. The monoisotopic (exact) mass is 356 g/mol. The minimum Gasteiger partial charge on any atom is -0.459 e. The van der Waals surface area contributed by atoms with Gasteiger partial charge in [0.2, 0.25) is 11.8 Å². The summed E-state index contributed by atoms with van der Waals surface area (Å²) < 4.78 is 5.90. The van der Waals surface area contributed by atoms with E-state index in [0.717, 1.165) is 10.5 Å². The molecule has 26 heavy (non-hydrogen) atoms. The molecule has 0 aromatic heterocycles. The summed E-state index contributed by atoms with van der Waals surface area (Å²) in [5.41, 5.74) is -0.0770. The van der Waals surface area contributed by atoms with Crippen molar-refractivity contribution in [3.05, 3.63) is 35.9 Å². The molecule has 0 spiro atoms. The van der Waals surface area contributed by atoms with Crippen LogP contribution in [0.15, 0.2) is 30.3 Å². The largest absolute Gasteiger partial charge is 0.459 e. The fourth-order valence-electron chi connectivity index (χ4n) is 4.93. The first-order valence-corrected chi connectivity index (χ1v) is 9.12. The predicted molar refractivity (Wildman–Crippen MR) is 93.8 cm³/mol. The average Bonchev–Trinajstić information content (AvgIpc) is 3.05. The minimum atomic E-state index is -1.12. The maximum absolute atomic E-state index is 13.0. The van der Waals surface area contributed by atoms with Gasteiger partial charge in [0.05, 0.1) is 17.9 Å². The van der Waals surface area contributed by atoms with Crippen LogP contribution in [0.4, 0.5) is 0 Å². The summed E-state index contributed by atoms with van der Waals surface area (Å²) in [5.74, 6) is -1.92. The third kappa shape index (κ3) is 2.05. The minimum absolute atomic E-state index is 0.114. The highest BCUT2D eigenvalue weighted by atomic mass is 16.6. The van der Waals surface area contributed by atoms with E-state index in [1.54, 1.807) is 6.92 Å². The number of esters is 1. The van der Waals surface area contributed by atoms with Crippen LogP contribution in [0.3, 0.4) is 0 Å². The molecule has 6 nitrogen and oxygen atoms in total. The van der Waals surface area contributed by atoms with Crippen LogP contribution >= 0.6 is 0 Å². The SMILES string of the molecule is CC(C)[C@H]1OC(=O)[C@]2(C)[C@@H]3C(=O)N(C)C(=O)[C@@H]3CN2[C@H]1c1ccccc1. The lowest BCUT2D eigenvalue weighted by Crippen LogP contribution is -2.63. The zero-order valence-electron chi connectivity index (χ0n) is 15.5. The van der Waals surface area contributed by atoms with Crippen molar-refractivity contribution in [2.24, 2.45) is 17.8 Å². The molecule has 4 rings (SSSR count). The van der Waals surface area contributed by atoms with Crippen LogP contribution < -0.4 is 0 Å². The number of rotatable bonds is 2. The molecule has 3 heterocycles. The highest BCUT2D eigenvalue weighted by molar-refractivity contribution is 6.09. The van der Waals surface area contributed by atoms with E-state index in [0.29, 0.717) is 6.54 Å². The van der Waals surface area contributed by atoms with Gasteiger partial charge in [-0.1, -0.05) is 44.2 Å². The molecule has 0 bridgehead atoms. The van der Waals surface area contributed by atoms with Crippen LogP contribution in [-0.2, 0) is 19.1 Å². The zero-order valence-corrected chi connectivity index (χ0v) is 15.5. The standard InChI is InChI=1S/C20H24N2O4/c1-11(2)16-15(12-8-6-5-7-9-12)22-10-13-14(18(24)21(4)17(13)23)20(22,3)19(25)26-16/h5-9,11,13-16H,10H2,1-4H3/t13-,14+,15+,16-,20+/m1/s1. The molecule has 3 aliphatic heterocycles. The lowest BCUT2D eigenvalue weighted by atomic mass is 9.79. The van der Waals surface area contributed by atoms with Crippen molar-refractivity contribution in [2.45, 2.75) is 38.5 Å². The molecule has 5 atom stereocenters. The van der Waals surface area contributed by atoms with Crippen LogP contribution in [0.5, 0.6) is 0 Å². The summed E-state index contributed by atoms with van der Waals surface area (Å²) >= 11 is 0. The smallest absolute Gasteiger partial charge is 0.327 e. The van der Waals surface area contributed by atoms with Crippen LogP contribution in [-0.4, -0.2) is 52.8 Å². The van der Waals surface area contributed by atoms with Crippen molar-refractivity contribution >= 4 is 17.8 Å². The Hall–Kier alpha value is -2.21. The van der Waals surface area contributed by atoms with Crippen LogP contribution in [0.25, 0.3) is 0 Å². The molecule has 1 aromatic rings. The third-order valence-electron chi connectivity index (χ3n) is 6.34. The molecule has 3 aliphatic rings. The lowest BCUT2D eigenvalue weighted by molar-refractivity contribution is -0.192. The number of morpholine rings is 1. The van der Waals surface area contributed by atoms with Gasteiger partial charge in [0.25, 0.3) is 0 Å². The first kappa shape index (κ1) is 17.2. The van der Waals surface area contributed by atoms with E-state index in [4.69, 9.17) is 4.74 Å². The number of cyclic esters (lactones) is 1. The molecule has 0 radical (unpaired) electrons. The normalized spacial score (nSPS) is 37.1. The number of fused-ring (bicyclic) bond motifs is 3. The van der Waals surface area contributed by atoms with Crippen LogP contribution in [0, 0.1) is 17.8 Å². The summed E-state index contributed by atoms with van der Waals surface area (Å²) in [6.07, 6.45) is -0.320. The fraction of sp³-hybridized carbons (Fsp3) is 0.550. The summed E-state index contributed by atoms with van der Waals surface area (Å²) in [7, 11) is 1.50. The number of ether oxygens (including phenoxy) is 1. The first-order chi connectivity index (χ1) is 12.3. The number of imide groups is 1. The first-order valence-electron chi connectivity index (χ1n) is 9.12. The Labute approximate surface area is 153 Å². The van der Waals surface area contributed by atoms with Gasteiger partial charge in [0, 0.05) is 13.6 Å². The Morgan fingerprint density at radius 3 is 2.38 bits per heavy atom. The van der Waals surface area contributed by atoms with E-state index in [1.165, 1.54) is 7.05 Å². The van der Waals surface area contributed by atoms with Gasteiger partial charge in [0.15, 0.2) is 0 Å². The molecule has 0 N–H and O–H groups in total. The zero-order chi connectivity index (χ0) is 18.8. The van der Waals surface area contributed by atoms with E-state index in [1.807, 2.05) is 44.2 Å². The number of likely N-dealkylation sites (tertiary alicyclic amines) is 1. The van der Waals surface area contributed by atoms with Gasteiger partial charge in [-0.2, -0.15) is 0 Å². The van der Waals surface area contributed by atoms with Gasteiger partial charge in [0.1, 0.15) is 11.6 Å². The Balaban J connectivity index is 1.84. The summed E-state index contributed by atoms with van der Waals surface area (Å²) in [5, 5.41) is 0. The molecule has 3 fully saturated rings. The van der Waals surface area contributed by atoms with Gasteiger partial charge in [-0.25, -0.2) is 0 Å². The Morgan fingerprint density at radius 2 is 1.77 bits per heavy atom. The van der Waals surface area contributed by atoms with E-state index in [2.05, 4.69) is 4.90 Å². The Morgan fingerprint density at radius 1 is 1.12 bits per heavy atom. The number of carbonyl (C=O) groups excluding carboxylic acids is 3. The van der Waals surface area contributed by atoms with E-state index in [-0.39, 0.29) is 29.9 Å². The molecule has 6 heteroatoms. The fourth-order valence-corrected chi connectivity index (χ4v) is 4.93. The molecular weight excluding hydrogens is 332 g/mol. The lowest BCUT2D eigenvalue weighted by Gasteiger charge is -2.49. The number of carbonyl (C=O) groups is 3. The molecule has 1 aromatic carbocycles. The molecule has 2 amide bonds. The predicted octanol–water partition coefficient (Wildman–Crippen LogP) is 1.61. The third-order valence-corrected chi connectivity index (χ3v) is 6.34. The molecule has 3 saturated heterocycles. The second-order valence-corrected chi connectivity index (χ2v) is 8.09. The molecule has 138 valence electrons. The quantitative estimate of drug-likeness (QED) is 0.595. The van der Waals surface area contributed by atoms with E-state index >= 15 is 0 Å². The number of hydrogen-bond donors (Lipinski definition) is 0. The highest BCUT2D eigenvalue weighted by Gasteiger charge is 2.69. The molecule has 0 unspecified atom stereocenters. The Bertz CT molecular complexity index is 777. The topological polar surface area (TPSA) is 66.9 Å². The van der Waals surface area contributed by atoms with Crippen molar-refractivity contribution in [3.63, 3.8) is 0 Å². The second kappa shape index (κ2) is 5.64. The van der Waals surface area contributed by atoms with Crippen molar-refractivity contribution in [3.8, 4) is 0 Å². The van der Waals surface area contributed by atoms with Gasteiger partial charge in [-0.3, -0.25) is 24.2 Å². The van der Waals surface area contributed by atoms with E-state index in [9.17, 15) is 14.4 Å². The summed E-state index contributed by atoms with van der Waals surface area (Å²) in [4.78, 5) is 41.6. The number of hydrogen-bond acceptors (Lipinski definition) is 5. The summed E-state index contributed by atoms with van der Waals surface area (Å²) in [6.45, 7) is 6.21. The number of nitrogens with zero attached hydrogens (tertiary/aromatic N) is 2. The number of amides is 2. The molecular formula is C20H24N2O4. The van der Waals surface area contributed by atoms with Gasteiger partial charge >= 0.3 is 5.97 Å². The Kier molecular flexibility index (Phi) is 3.74. The maximum Gasteiger partial charge on any atom is 0.327 e. The van der Waals surface area contributed by atoms with Gasteiger partial charge in [-0.15, -0.1) is 0 Å². The van der Waals surface area contributed by atoms with E-state index < -0.39 is 23.3 Å².